The monoisotopic (exact) mass is 416 g/mol. The van der Waals surface area contributed by atoms with Gasteiger partial charge in [-0.3, -0.25) is 14.2 Å². The Morgan fingerprint density at radius 2 is 2.07 bits per heavy atom. The van der Waals surface area contributed by atoms with Crippen molar-refractivity contribution in [3.8, 4) is 11.4 Å². The quantitative estimate of drug-likeness (QED) is 0.466. The molecular weight excluding hydrogens is 396 g/mol. The summed E-state index contributed by atoms with van der Waals surface area (Å²) in [4.78, 5) is 32.1. The summed E-state index contributed by atoms with van der Waals surface area (Å²) in [6.07, 6.45) is 1.39. The summed E-state index contributed by atoms with van der Waals surface area (Å²) >= 11 is 2.82. The number of thiophene rings is 1. The van der Waals surface area contributed by atoms with Gasteiger partial charge in [0.15, 0.2) is 5.16 Å². The van der Waals surface area contributed by atoms with Crippen molar-refractivity contribution in [1.29, 1.82) is 0 Å². The maximum atomic E-state index is 13.5. The third-order valence-corrected chi connectivity index (χ3v) is 7.05. The zero-order chi connectivity index (χ0) is 19.8. The Kier molecular flexibility index (Phi) is 5.16. The number of hydrogen-bond acceptors (Lipinski definition) is 7. The number of esters is 1. The number of carbonyl (C=O) groups excluding carboxylic acids is 1. The van der Waals surface area contributed by atoms with E-state index in [1.165, 1.54) is 23.1 Å². The predicted molar refractivity (Wildman–Crippen MR) is 111 cm³/mol. The van der Waals surface area contributed by atoms with E-state index in [1.807, 2.05) is 38.1 Å². The molecule has 3 heterocycles. The van der Waals surface area contributed by atoms with Crippen LogP contribution in [0.1, 0.15) is 23.8 Å². The van der Waals surface area contributed by atoms with Crippen LogP contribution in [0.5, 0.6) is 5.75 Å². The molecule has 0 bridgehead atoms. The molecule has 0 radical (unpaired) electrons. The summed E-state index contributed by atoms with van der Waals surface area (Å²) in [5, 5.41) is 0.829. The summed E-state index contributed by atoms with van der Waals surface area (Å²) in [6, 6.07) is 7.28. The Hall–Kier alpha value is -2.32. The number of aryl methyl sites for hydroxylation is 2. The Bertz CT molecular complexity index is 1100. The summed E-state index contributed by atoms with van der Waals surface area (Å²) in [5.41, 5.74) is 1.63. The van der Waals surface area contributed by atoms with Crippen molar-refractivity contribution >= 4 is 39.3 Å². The van der Waals surface area contributed by atoms with Crippen LogP contribution in [-0.4, -0.2) is 34.5 Å². The van der Waals surface area contributed by atoms with Gasteiger partial charge in [0.2, 0.25) is 0 Å². The first-order chi connectivity index (χ1) is 13.5. The van der Waals surface area contributed by atoms with E-state index >= 15 is 0 Å². The molecule has 3 aromatic rings. The van der Waals surface area contributed by atoms with Gasteiger partial charge < -0.3 is 9.47 Å². The lowest BCUT2D eigenvalue weighted by atomic mass is 10.1. The Balaban J connectivity index is 1.94. The first kappa shape index (κ1) is 19.0. The molecule has 1 aliphatic rings. The Morgan fingerprint density at radius 3 is 2.68 bits per heavy atom. The molecule has 0 amide bonds. The van der Waals surface area contributed by atoms with Crippen LogP contribution in [0, 0.1) is 6.92 Å². The number of hydrogen-bond donors (Lipinski definition) is 0. The minimum absolute atomic E-state index is 0.106. The number of thioether (sulfide) groups is 1. The minimum atomic E-state index is -0.347. The van der Waals surface area contributed by atoms with Crippen LogP contribution in [0.4, 0.5) is 0 Å². The molecule has 28 heavy (non-hydrogen) atoms. The molecule has 4 rings (SSSR count). The van der Waals surface area contributed by atoms with E-state index in [-0.39, 0.29) is 16.8 Å². The first-order valence-electron chi connectivity index (χ1n) is 9.06. The van der Waals surface area contributed by atoms with Crippen LogP contribution in [0.3, 0.4) is 0 Å². The second-order valence-corrected chi connectivity index (χ2v) is 8.84. The fraction of sp³-hybridized carbons (Fsp3) is 0.350. The number of rotatable bonds is 5. The molecule has 1 atom stereocenters. The molecular formula is C20H20N2O4S2. The second-order valence-electron chi connectivity index (χ2n) is 6.47. The molecule has 1 aliphatic heterocycles. The van der Waals surface area contributed by atoms with Gasteiger partial charge in [0.25, 0.3) is 5.56 Å². The van der Waals surface area contributed by atoms with Gasteiger partial charge >= 0.3 is 5.97 Å². The largest absolute Gasteiger partial charge is 0.497 e. The van der Waals surface area contributed by atoms with Crippen LogP contribution in [0.15, 0.2) is 34.2 Å². The zero-order valence-corrected chi connectivity index (χ0v) is 17.5. The highest BCUT2D eigenvalue weighted by molar-refractivity contribution is 8.00. The van der Waals surface area contributed by atoms with E-state index in [1.54, 1.807) is 11.7 Å². The lowest BCUT2D eigenvalue weighted by molar-refractivity contribution is -0.137. The lowest BCUT2D eigenvalue weighted by Crippen LogP contribution is -2.23. The third-order valence-electron chi connectivity index (χ3n) is 4.81. The summed E-state index contributed by atoms with van der Waals surface area (Å²) < 4.78 is 11.9. The number of methoxy groups -OCH3 is 1. The van der Waals surface area contributed by atoms with Gasteiger partial charge in [-0.2, -0.15) is 0 Å². The van der Waals surface area contributed by atoms with E-state index in [2.05, 4.69) is 0 Å². The van der Waals surface area contributed by atoms with E-state index in [0.29, 0.717) is 35.0 Å². The normalized spacial score (nSPS) is 16.5. The molecule has 0 unspecified atom stereocenters. The highest BCUT2D eigenvalue weighted by atomic mass is 32.2. The van der Waals surface area contributed by atoms with Crippen LogP contribution in [0.25, 0.3) is 15.9 Å². The summed E-state index contributed by atoms with van der Waals surface area (Å²) in [5.74, 6) is 0.456. The van der Waals surface area contributed by atoms with Crippen LogP contribution >= 0.6 is 23.1 Å². The highest BCUT2D eigenvalue weighted by Crippen LogP contribution is 2.34. The fourth-order valence-corrected chi connectivity index (χ4v) is 5.61. The van der Waals surface area contributed by atoms with Crippen LogP contribution in [-0.2, 0) is 16.0 Å². The molecule has 1 aromatic carbocycles. The number of ether oxygens (including phenoxy) is 2. The van der Waals surface area contributed by atoms with Gasteiger partial charge in [0.1, 0.15) is 15.8 Å². The van der Waals surface area contributed by atoms with Crippen molar-refractivity contribution in [3.63, 3.8) is 0 Å². The van der Waals surface area contributed by atoms with E-state index < -0.39 is 0 Å². The van der Waals surface area contributed by atoms with E-state index in [4.69, 9.17) is 14.5 Å². The Labute approximate surface area is 170 Å². The molecule has 6 nitrogen and oxygen atoms in total. The van der Waals surface area contributed by atoms with Crippen molar-refractivity contribution in [2.45, 2.75) is 37.1 Å². The molecule has 146 valence electrons. The average Bonchev–Trinajstić information content (AvgIpc) is 3.24. The Morgan fingerprint density at radius 1 is 1.32 bits per heavy atom. The number of carbonyl (C=O) groups is 1. The molecule has 2 aromatic heterocycles. The number of fused-ring (bicyclic) bond motifs is 1. The summed E-state index contributed by atoms with van der Waals surface area (Å²) in [6.45, 7) is 4.47. The second kappa shape index (κ2) is 7.60. The van der Waals surface area contributed by atoms with Gasteiger partial charge in [-0.1, -0.05) is 18.7 Å². The number of benzene rings is 1. The SMILES string of the molecule is CCc1c(C)sc2nc(S[C@@H]3CCOC3=O)n(-c3ccc(OC)cc3)c(=O)c12. The topological polar surface area (TPSA) is 70.4 Å². The van der Waals surface area contributed by atoms with Crippen molar-refractivity contribution in [2.75, 3.05) is 13.7 Å². The van der Waals surface area contributed by atoms with E-state index in [0.717, 1.165) is 21.7 Å². The molecule has 0 aliphatic carbocycles. The number of cyclic esters (lactones) is 1. The third kappa shape index (κ3) is 3.20. The van der Waals surface area contributed by atoms with Gasteiger partial charge in [0, 0.05) is 11.3 Å². The fourth-order valence-electron chi connectivity index (χ4n) is 3.37. The van der Waals surface area contributed by atoms with Crippen molar-refractivity contribution < 1.29 is 14.3 Å². The molecule has 0 saturated carbocycles. The lowest BCUT2D eigenvalue weighted by Gasteiger charge is -2.14. The standard InChI is InChI=1S/C20H20N2O4S2/c1-4-14-11(2)27-17-16(14)18(23)22(12-5-7-13(25-3)8-6-12)20(21-17)28-15-9-10-26-19(15)24/h5-8,15H,4,9-10H2,1-3H3/t15-/m1/s1. The highest BCUT2D eigenvalue weighted by Gasteiger charge is 2.30. The first-order valence-corrected chi connectivity index (χ1v) is 10.8. The molecule has 0 N–H and O–H groups in total. The van der Waals surface area contributed by atoms with Gasteiger partial charge in [-0.15, -0.1) is 11.3 Å². The van der Waals surface area contributed by atoms with Gasteiger partial charge in [-0.05, 0) is 43.2 Å². The predicted octanol–water partition coefficient (Wildman–Crippen LogP) is 3.73. The minimum Gasteiger partial charge on any atom is -0.497 e. The van der Waals surface area contributed by atoms with Crippen molar-refractivity contribution in [1.82, 2.24) is 9.55 Å². The zero-order valence-electron chi connectivity index (χ0n) is 15.9. The van der Waals surface area contributed by atoms with Crippen molar-refractivity contribution in [2.24, 2.45) is 0 Å². The molecule has 8 heteroatoms. The van der Waals surface area contributed by atoms with Crippen molar-refractivity contribution in [3.05, 3.63) is 45.1 Å². The van der Waals surface area contributed by atoms with Gasteiger partial charge in [-0.25, -0.2) is 4.98 Å². The van der Waals surface area contributed by atoms with Crippen LogP contribution in [0.2, 0.25) is 0 Å². The molecule has 0 spiro atoms. The van der Waals surface area contributed by atoms with Crippen LogP contribution < -0.4 is 10.3 Å². The molecule has 1 saturated heterocycles. The summed E-state index contributed by atoms with van der Waals surface area (Å²) in [7, 11) is 1.60. The average molecular weight is 417 g/mol. The number of aromatic nitrogens is 2. The van der Waals surface area contributed by atoms with E-state index in [9.17, 15) is 9.59 Å². The maximum Gasteiger partial charge on any atom is 0.319 e. The van der Waals surface area contributed by atoms with Gasteiger partial charge in [0.05, 0.1) is 24.8 Å². The smallest absolute Gasteiger partial charge is 0.319 e. The maximum absolute atomic E-state index is 13.5. The molecule has 1 fully saturated rings. The number of nitrogens with zero attached hydrogens (tertiary/aromatic N) is 2.